The summed E-state index contributed by atoms with van der Waals surface area (Å²) in [7, 11) is 0. The van der Waals surface area contributed by atoms with E-state index in [9.17, 15) is 35.9 Å². The summed E-state index contributed by atoms with van der Waals surface area (Å²) in [5.41, 5.74) is -4.11. The van der Waals surface area contributed by atoms with E-state index in [1.807, 2.05) is 0 Å². The number of nitrogens with one attached hydrogen (secondary N) is 1. The molecule has 1 unspecified atom stereocenters. The molecule has 1 fully saturated rings. The van der Waals surface area contributed by atoms with Gasteiger partial charge in [0.15, 0.2) is 5.69 Å². The first-order valence-corrected chi connectivity index (χ1v) is 10.2. The average Bonchev–Trinajstić information content (AvgIpc) is 3.34. The third-order valence-corrected chi connectivity index (χ3v) is 4.85. The first-order chi connectivity index (χ1) is 15.6. The number of hydrogen-bond acceptors (Lipinski definition) is 4. The van der Waals surface area contributed by atoms with Crippen molar-refractivity contribution in [2.45, 2.75) is 57.6 Å². The van der Waals surface area contributed by atoms with Gasteiger partial charge in [0.1, 0.15) is 17.3 Å². The van der Waals surface area contributed by atoms with Crippen molar-refractivity contribution in [1.82, 2.24) is 14.7 Å². The Bertz CT molecular complexity index is 1050. The van der Waals surface area contributed by atoms with Crippen molar-refractivity contribution in [2.75, 3.05) is 11.9 Å². The van der Waals surface area contributed by atoms with E-state index in [0.717, 1.165) is 12.1 Å². The van der Waals surface area contributed by atoms with Gasteiger partial charge in [0.05, 0.1) is 5.69 Å². The standard InChI is InChI=1S/C21H22F6N4O3/c1-19(2,3)34-18(33)30-10-4-5-14(30)17(32)28-12-6-8-13(9-7-12)31-16(21(25,26)27)11-15(29-31)20(22,23)24/h6-9,11,14H,4-5,10H2,1-3H3,(H,28,32). The van der Waals surface area contributed by atoms with Gasteiger partial charge in [-0.3, -0.25) is 9.69 Å². The molecule has 2 heterocycles. The second kappa shape index (κ2) is 8.84. The van der Waals surface area contributed by atoms with Crippen molar-refractivity contribution in [3.8, 4) is 5.69 Å². The molecule has 2 aromatic rings. The Hall–Kier alpha value is -3.25. The number of carbonyl (C=O) groups excluding carboxylic acids is 2. The lowest BCUT2D eigenvalue weighted by atomic mass is 10.2. The van der Waals surface area contributed by atoms with Crippen LogP contribution in [0.25, 0.3) is 5.69 Å². The van der Waals surface area contributed by atoms with Crippen LogP contribution in [-0.4, -0.2) is 44.9 Å². The highest BCUT2D eigenvalue weighted by Gasteiger charge is 2.42. The normalized spacial score (nSPS) is 17.1. The van der Waals surface area contributed by atoms with Gasteiger partial charge >= 0.3 is 18.4 Å². The van der Waals surface area contributed by atoms with Crippen molar-refractivity contribution in [3.63, 3.8) is 0 Å². The van der Waals surface area contributed by atoms with E-state index < -0.39 is 47.4 Å². The summed E-state index contributed by atoms with van der Waals surface area (Å²) in [5, 5.41) is 5.62. The van der Waals surface area contributed by atoms with Crippen LogP contribution < -0.4 is 5.32 Å². The van der Waals surface area contributed by atoms with Crippen LogP contribution in [0.1, 0.15) is 45.0 Å². The lowest BCUT2D eigenvalue weighted by Crippen LogP contribution is -2.45. The zero-order chi connectivity index (χ0) is 25.5. The molecule has 0 saturated carbocycles. The van der Waals surface area contributed by atoms with Gasteiger partial charge in [-0.05, 0) is 57.9 Å². The van der Waals surface area contributed by atoms with E-state index in [1.165, 1.54) is 17.0 Å². The summed E-state index contributed by atoms with van der Waals surface area (Å²) in [5.74, 6) is -0.523. The molecule has 1 atom stereocenters. The minimum absolute atomic E-state index is 0.0684. The number of ether oxygens (including phenoxy) is 1. The Labute approximate surface area is 190 Å². The summed E-state index contributed by atoms with van der Waals surface area (Å²) >= 11 is 0. The number of benzene rings is 1. The monoisotopic (exact) mass is 492 g/mol. The highest BCUT2D eigenvalue weighted by Crippen LogP contribution is 2.36. The molecule has 0 aliphatic carbocycles. The van der Waals surface area contributed by atoms with Crippen molar-refractivity contribution in [2.24, 2.45) is 0 Å². The number of carbonyl (C=O) groups is 2. The third-order valence-electron chi connectivity index (χ3n) is 4.85. The number of halogens is 6. The summed E-state index contributed by atoms with van der Waals surface area (Å²) < 4.78 is 83.8. The summed E-state index contributed by atoms with van der Waals surface area (Å²) in [6, 6.07) is 3.79. The van der Waals surface area contributed by atoms with Crippen LogP contribution in [-0.2, 0) is 21.9 Å². The maximum atomic E-state index is 13.2. The Morgan fingerprint density at radius 1 is 1.03 bits per heavy atom. The molecule has 0 radical (unpaired) electrons. The first-order valence-electron chi connectivity index (χ1n) is 10.2. The predicted octanol–water partition coefficient (Wildman–Crippen LogP) is 5.25. The summed E-state index contributed by atoms with van der Waals surface area (Å²) in [4.78, 5) is 26.4. The fourth-order valence-corrected chi connectivity index (χ4v) is 3.41. The quantitative estimate of drug-likeness (QED) is 0.594. The number of nitrogens with zero attached hydrogens (tertiary/aromatic N) is 3. The van der Waals surface area contributed by atoms with Gasteiger partial charge in [0, 0.05) is 18.3 Å². The van der Waals surface area contributed by atoms with Gasteiger partial charge in [-0.1, -0.05) is 0 Å². The SMILES string of the molecule is CC(C)(C)OC(=O)N1CCCC1C(=O)Nc1ccc(-n2nc(C(F)(F)F)cc2C(F)(F)F)cc1. The van der Waals surface area contributed by atoms with Gasteiger partial charge in [-0.15, -0.1) is 0 Å². The average molecular weight is 492 g/mol. The highest BCUT2D eigenvalue weighted by atomic mass is 19.4. The number of amides is 2. The van der Waals surface area contributed by atoms with Crippen LogP contribution in [0.15, 0.2) is 30.3 Å². The van der Waals surface area contributed by atoms with Gasteiger partial charge in [-0.25, -0.2) is 9.48 Å². The second-order valence-electron chi connectivity index (χ2n) is 8.69. The van der Waals surface area contributed by atoms with Crippen molar-refractivity contribution in [3.05, 3.63) is 41.7 Å². The zero-order valence-corrected chi connectivity index (χ0v) is 18.4. The first kappa shape index (κ1) is 25.4. The molecule has 7 nitrogen and oxygen atoms in total. The summed E-state index contributed by atoms with van der Waals surface area (Å²) in [6.07, 6.45) is -9.79. The molecule has 0 bridgehead atoms. The van der Waals surface area contributed by atoms with E-state index in [0.29, 0.717) is 19.4 Å². The van der Waals surface area contributed by atoms with E-state index in [2.05, 4.69) is 10.4 Å². The molecular formula is C21H22F6N4O3. The Kier molecular flexibility index (Phi) is 6.60. The van der Waals surface area contributed by atoms with Crippen LogP contribution in [0, 0.1) is 0 Å². The van der Waals surface area contributed by atoms with Gasteiger partial charge < -0.3 is 10.1 Å². The van der Waals surface area contributed by atoms with Crippen molar-refractivity contribution < 1.29 is 40.7 Å². The molecule has 3 rings (SSSR count). The molecule has 186 valence electrons. The molecular weight excluding hydrogens is 470 g/mol. The van der Waals surface area contributed by atoms with E-state index in [-0.39, 0.29) is 22.1 Å². The summed E-state index contributed by atoms with van der Waals surface area (Å²) in [6.45, 7) is 5.41. The Morgan fingerprint density at radius 3 is 2.18 bits per heavy atom. The Balaban J connectivity index is 1.77. The van der Waals surface area contributed by atoms with Crippen LogP contribution in [0.2, 0.25) is 0 Å². The van der Waals surface area contributed by atoms with Crippen LogP contribution in [0.4, 0.5) is 36.8 Å². The minimum Gasteiger partial charge on any atom is -0.444 e. The molecule has 1 aromatic carbocycles. The van der Waals surface area contributed by atoms with Crippen LogP contribution >= 0.6 is 0 Å². The zero-order valence-electron chi connectivity index (χ0n) is 18.4. The van der Waals surface area contributed by atoms with Gasteiger partial charge in [0.2, 0.25) is 5.91 Å². The van der Waals surface area contributed by atoms with Gasteiger partial charge in [0.25, 0.3) is 0 Å². The fourth-order valence-electron chi connectivity index (χ4n) is 3.41. The maximum absolute atomic E-state index is 13.2. The molecule has 34 heavy (non-hydrogen) atoms. The largest absolute Gasteiger partial charge is 0.444 e. The maximum Gasteiger partial charge on any atom is 0.435 e. The molecule has 2 amide bonds. The molecule has 1 saturated heterocycles. The minimum atomic E-state index is -5.07. The number of likely N-dealkylation sites (tertiary alicyclic amines) is 1. The van der Waals surface area contributed by atoms with E-state index in [4.69, 9.17) is 4.74 Å². The molecule has 0 spiro atoms. The predicted molar refractivity (Wildman–Crippen MR) is 108 cm³/mol. The second-order valence-corrected chi connectivity index (χ2v) is 8.69. The number of rotatable bonds is 3. The molecule has 1 aliphatic rings. The highest BCUT2D eigenvalue weighted by molar-refractivity contribution is 5.97. The molecule has 1 aromatic heterocycles. The molecule has 13 heteroatoms. The lowest BCUT2D eigenvalue weighted by Gasteiger charge is -2.28. The number of aromatic nitrogens is 2. The van der Waals surface area contributed by atoms with Crippen molar-refractivity contribution >= 4 is 17.7 Å². The van der Waals surface area contributed by atoms with Crippen LogP contribution in [0.3, 0.4) is 0 Å². The number of alkyl halides is 6. The Morgan fingerprint density at radius 2 is 1.65 bits per heavy atom. The molecule has 1 aliphatic heterocycles. The van der Waals surface area contributed by atoms with E-state index >= 15 is 0 Å². The smallest absolute Gasteiger partial charge is 0.435 e. The van der Waals surface area contributed by atoms with Gasteiger partial charge in [-0.2, -0.15) is 31.4 Å². The van der Waals surface area contributed by atoms with E-state index in [1.54, 1.807) is 20.8 Å². The molecule has 1 N–H and O–H groups in total. The van der Waals surface area contributed by atoms with Crippen molar-refractivity contribution in [1.29, 1.82) is 0 Å². The third kappa shape index (κ3) is 5.81. The lowest BCUT2D eigenvalue weighted by molar-refractivity contribution is -0.143. The number of anilines is 1. The number of hydrogen-bond donors (Lipinski definition) is 1. The van der Waals surface area contributed by atoms with Crippen LogP contribution in [0.5, 0.6) is 0 Å². The fraction of sp³-hybridized carbons (Fsp3) is 0.476. The topological polar surface area (TPSA) is 76.5 Å².